The van der Waals surface area contributed by atoms with Gasteiger partial charge in [-0.15, -0.1) is 5.10 Å². The fourth-order valence-electron chi connectivity index (χ4n) is 4.46. The zero-order valence-corrected chi connectivity index (χ0v) is 21.2. The van der Waals surface area contributed by atoms with Crippen LogP contribution in [0.15, 0.2) is 66.7 Å². The molecule has 2 heterocycles. The van der Waals surface area contributed by atoms with Crippen molar-refractivity contribution in [2.24, 2.45) is 0 Å². The summed E-state index contributed by atoms with van der Waals surface area (Å²) in [7, 11) is 1.60. The summed E-state index contributed by atoms with van der Waals surface area (Å²) in [6.45, 7) is 2.46. The van der Waals surface area contributed by atoms with Crippen molar-refractivity contribution in [3.63, 3.8) is 0 Å². The van der Waals surface area contributed by atoms with Gasteiger partial charge in [0.1, 0.15) is 11.5 Å². The van der Waals surface area contributed by atoms with Crippen LogP contribution in [0.1, 0.15) is 35.3 Å². The number of rotatable bonds is 8. The molecule has 1 aliphatic heterocycles. The number of methoxy groups -OCH3 is 1. The van der Waals surface area contributed by atoms with E-state index in [9.17, 15) is 9.90 Å². The van der Waals surface area contributed by atoms with Gasteiger partial charge in [0.05, 0.1) is 18.7 Å². The number of halogens is 1. The van der Waals surface area contributed by atoms with Gasteiger partial charge in [-0.25, -0.2) is 9.48 Å². The van der Waals surface area contributed by atoms with Crippen molar-refractivity contribution >= 4 is 23.3 Å². The Labute approximate surface area is 220 Å². The van der Waals surface area contributed by atoms with Gasteiger partial charge in [0.2, 0.25) is 5.69 Å². The lowest BCUT2D eigenvalue weighted by atomic mass is 10.0. The molecule has 4 aromatic rings. The Morgan fingerprint density at radius 2 is 1.68 bits per heavy atom. The van der Waals surface area contributed by atoms with Crippen molar-refractivity contribution in [1.82, 2.24) is 15.0 Å². The van der Waals surface area contributed by atoms with E-state index in [2.05, 4.69) is 39.5 Å². The predicted octanol–water partition coefficient (Wildman–Crippen LogP) is 6.14. The van der Waals surface area contributed by atoms with Crippen LogP contribution in [0.3, 0.4) is 0 Å². The molecule has 1 saturated heterocycles. The number of piperidine rings is 1. The highest BCUT2D eigenvalue weighted by atomic mass is 35.5. The van der Waals surface area contributed by atoms with Crippen LogP contribution in [0.5, 0.6) is 17.4 Å². The predicted molar refractivity (Wildman–Crippen MR) is 142 cm³/mol. The minimum Gasteiger partial charge on any atom is -0.497 e. The molecule has 8 nitrogen and oxygen atoms in total. The van der Waals surface area contributed by atoms with Crippen molar-refractivity contribution in [2.75, 3.05) is 25.1 Å². The first kappa shape index (κ1) is 24.6. The Hall–Kier alpha value is -4.04. The zero-order valence-electron chi connectivity index (χ0n) is 20.4. The highest BCUT2D eigenvalue weighted by Crippen LogP contribution is 2.35. The molecule has 0 saturated carbocycles. The number of nitrogens with zero attached hydrogens (tertiary/aromatic N) is 4. The maximum absolute atomic E-state index is 11.8. The van der Waals surface area contributed by atoms with Crippen molar-refractivity contribution in [1.29, 1.82) is 0 Å². The highest BCUT2D eigenvalue weighted by Gasteiger charge is 2.22. The molecule has 5 rings (SSSR count). The molecule has 0 atom stereocenters. The number of carboxylic acids is 1. The number of carboxylic acid groups (broad SMARTS) is 1. The molecule has 190 valence electrons. The van der Waals surface area contributed by atoms with Crippen LogP contribution in [-0.2, 0) is 6.54 Å². The molecule has 0 aliphatic carbocycles. The average Bonchev–Trinajstić information content (AvgIpc) is 3.32. The van der Waals surface area contributed by atoms with Crippen LogP contribution in [0, 0.1) is 0 Å². The molecule has 37 heavy (non-hydrogen) atoms. The summed E-state index contributed by atoms with van der Waals surface area (Å²) in [5.41, 5.74) is 3.69. The van der Waals surface area contributed by atoms with E-state index in [0.29, 0.717) is 10.8 Å². The van der Waals surface area contributed by atoms with Crippen molar-refractivity contribution < 1.29 is 19.4 Å². The van der Waals surface area contributed by atoms with Gasteiger partial charge in [-0.1, -0.05) is 41.1 Å². The molecule has 1 N–H and O–H groups in total. The maximum Gasteiger partial charge on any atom is 0.362 e. The number of aromatic nitrogens is 3. The second kappa shape index (κ2) is 10.9. The van der Waals surface area contributed by atoms with E-state index in [-0.39, 0.29) is 18.1 Å². The van der Waals surface area contributed by atoms with E-state index in [0.717, 1.165) is 35.5 Å². The third kappa shape index (κ3) is 5.54. The maximum atomic E-state index is 11.8. The Kier molecular flexibility index (Phi) is 7.28. The molecule has 0 spiro atoms. The van der Waals surface area contributed by atoms with Gasteiger partial charge < -0.3 is 19.5 Å². The van der Waals surface area contributed by atoms with Gasteiger partial charge in [0.15, 0.2) is 0 Å². The van der Waals surface area contributed by atoms with E-state index in [1.54, 1.807) is 19.2 Å². The molecule has 9 heteroatoms. The molecule has 1 aromatic heterocycles. The van der Waals surface area contributed by atoms with Crippen LogP contribution in [0.25, 0.3) is 11.1 Å². The molecular formula is C28H27ClN4O4. The van der Waals surface area contributed by atoms with Gasteiger partial charge in [-0.2, -0.15) is 0 Å². The molecule has 3 aromatic carbocycles. The Bertz CT molecular complexity index is 1380. The number of aromatic carboxylic acids is 1. The Morgan fingerprint density at radius 1 is 0.973 bits per heavy atom. The average molecular weight is 519 g/mol. The Morgan fingerprint density at radius 3 is 2.32 bits per heavy atom. The number of ether oxygens (including phenoxy) is 2. The third-order valence-electron chi connectivity index (χ3n) is 6.44. The first-order valence-electron chi connectivity index (χ1n) is 12.1. The molecule has 0 amide bonds. The lowest BCUT2D eigenvalue weighted by Crippen LogP contribution is -2.29. The van der Waals surface area contributed by atoms with Gasteiger partial charge in [0, 0.05) is 30.4 Å². The standard InChI is InChI=1S/C28H27ClN4O4/c1-36-22-11-5-19(6-12-22)18-33-27(26(28(34)35)30-31-33)37-23-13-14-24(25(29)17-23)20-7-9-21(10-8-20)32-15-3-2-4-16-32/h5-14,17H,2-4,15-16,18H2,1H3,(H,34,35). The Balaban J connectivity index is 1.36. The first-order valence-corrected chi connectivity index (χ1v) is 12.5. The van der Waals surface area contributed by atoms with E-state index >= 15 is 0 Å². The topological polar surface area (TPSA) is 89.7 Å². The summed E-state index contributed by atoms with van der Waals surface area (Å²) in [5.74, 6) is -0.0918. The van der Waals surface area contributed by atoms with Gasteiger partial charge in [-0.05, 0) is 66.8 Å². The first-order chi connectivity index (χ1) is 18.0. The molecule has 0 radical (unpaired) electrons. The molecule has 1 aliphatic rings. The number of benzene rings is 3. The van der Waals surface area contributed by atoms with Crippen molar-refractivity contribution in [3.8, 4) is 28.5 Å². The largest absolute Gasteiger partial charge is 0.497 e. The lowest BCUT2D eigenvalue weighted by Gasteiger charge is -2.28. The quantitative estimate of drug-likeness (QED) is 0.300. The third-order valence-corrected chi connectivity index (χ3v) is 6.75. The van der Waals surface area contributed by atoms with E-state index in [1.165, 1.54) is 29.6 Å². The van der Waals surface area contributed by atoms with Gasteiger partial charge >= 0.3 is 5.97 Å². The summed E-state index contributed by atoms with van der Waals surface area (Å²) < 4.78 is 12.6. The van der Waals surface area contributed by atoms with Gasteiger partial charge in [0.25, 0.3) is 5.88 Å². The van der Waals surface area contributed by atoms with Crippen LogP contribution in [0.4, 0.5) is 5.69 Å². The monoisotopic (exact) mass is 518 g/mol. The number of carbonyl (C=O) groups is 1. The highest BCUT2D eigenvalue weighted by molar-refractivity contribution is 6.33. The summed E-state index contributed by atoms with van der Waals surface area (Å²) in [6, 6.07) is 21.1. The van der Waals surface area contributed by atoms with Crippen molar-refractivity contribution in [3.05, 3.63) is 83.0 Å². The van der Waals surface area contributed by atoms with Crippen LogP contribution in [0.2, 0.25) is 5.02 Å². The fourth-order valence-corrected chi connectivity index (χ4v) is 4.74. The molecular weight excluding hydrogens is 492 g/mol. The normalized spacial score (nSPS) is 13.4. The molecule has 0 unspecified atom stereocenters. The summed E-state index contributed by atoms with van der Waals surface area (Å²) in [4.78, 5) is 14.2. The molecule has 1 fully saturated rings. The fraction of sp³-hybridized carbons (Fsp3) is 0.250. The summed E-state index contributed by atoms with van der Waals surface area (Å²) >= 11 is 6.64. The number of hydrogen-bond acceptors (Lipinski definition) is 6. The SMILES string of the molecule is COc1ccc(Cn2nnc(C(=O)O)c2Oc2ccc(-c3ccc(N4CCCCC4)cc3)c(Cl)c2)cc1. The minimum absolute atomic E-state index is 0.0259. The van der Waals surface area contributed by atoms with Crippen LogP contribution >= 0.6 is 11.6 Å². The number of hydrogen-bond donors (Lipinski definition) is 1. The van der Waals surface area contributed by atoms with Crippen LogP contribution in [-0.4, -0.2) is 46.3 Å². The van der Waals surface area contributed by atoms with E-state index in [4.69, 9.17) is 21.1 Å². The summed E-state index contributed by atoms with van der Waals surface area (Å²) in [6.07, 6.45) is 3.76. The minimum atomic E-state index is -1.23. The second-order valence-electron chi connectivity index (χ2n) is 8.89. The smallest absolute Gasteiger partial charge is 0.362 e. The molecule has 0 bridgehead atoms. The number of anilines is 1. The van der Waals surface area contributed by atoms with Crippen molar-refractivity contribution in [2.45, 2.75) is 25.8 Å². The zero-order chi connectivity index (χ0) is 25.8. The van der Waals surface area contributed by atoms with E-state index in [1.807, 2.05) is 30.3 Å². The van der Waals surface area contributed by atoms with Crippen LogP contribution < -0.4 is 14.4 Å². The summed E-state index contributed by atoms with van der Waals surface area (Å²) in [5, 5.41) is 17.9. The lowest BCUT2D eigenvalue weighted by molar-refractivity contribution is 0.0687. The van der Waals surface area contributed by atoms with E-state index < -0.39 is 5.97 Å². The van der Waals surface area contributed by atoms with Gasteiger partial charge in [-0.3, -0.25) is 0 Å². The second-order valence-corrected chi connectivity index (χ2v) is 9.30.